The second-order valence-electron chi connectivity index (χ2n) is 6.41. The smallest absolute Gasteiger partial charge is 0.306 e. The molecule has 124 valence electrons. The summed E-state index contributed by atoms with van der Waals surface area (Å²) < 4.78 is 10.7. The van der Waals surface area contributed by atoms with Crippen molar-refractivity contribution in [1.82, 2.24) is 0 Å². The van der Waals surface area contributed by atoms with Crippen LogP contribution in [0.4, 0.5) is 0 Å². The summed E-state index contributed by atoms with van der Waals surface area (Å²) in [6.07, 6.45) is 0.859. The normalized spacial score (nSPS) is 11.4. The van der Waals surface area contributed by atoms with E-state index in [9.17, 15) is 4.79 Å². The molecule has 1 aromatic rings. The van der Waals surface area contributed by atoms with E-state index in [4.69, 9.17) is 14.6 Å². The van der Waals surface area contributed by atoms with Gasteiger partial charge in [0, 0.05) is 6.42 Å². The molecule has 22 heavy (non-hydrogen) atoms. The average Bonchev–Trinajstić information content (AvgIpc) is 2.44. The third-order valence-electron chi connectivity index (χ3n) is 3.46. The Morgan fingerprint density at radius 2 is 1.95 bits per heavy atom. The fourth-order valence-electron chi connectivity index (χ4n) is 2.28. The van der Waals surface area contributed by atoms with Crippen LogP contribution in [0.1, 0.15) is 50.8 Å². The van der Waals surface area contributed by atoms with Crippen molar-refractivity contribution in [2.24, 2.45) is 0 Å². The van der Waals surface area contributed by atoms with Gasteiger partial charge in [-0.3, -0.25) is 4.79 Å². The lowest BCUT2D eigenvalue weighted by atomic mass is 9.84. The van der Waals surface area contributed by atoms with Gasteiger partial charge in [-0.05, 0) is 42.4 Å². The van der Waals surface area contributed by atoms with Gasteiger partial charge in [0.25, 0.3) is 0 Å². The van der Waals surface area contributed by atoms with Crippen molar-refractivity contribution in [2.75, 3.05) is 19.8 Å². The largest absolute Gasteiger partial charge is 0.493 e. The van der Waals surface area contributed by atoms with Crippen molar-refractivity contribution in [3.05, 3.63) is 28.8 Å². The predicted octanol–water partition coefficient (Wildman–Crippen LogP) is 3.16. The van der Waals surface area contributed by atoms with Crippen LogP contribution in [0.15, 0.2) is 12.1 Å². The molecule has 0 heterocycles. The molecular weight excluding hydrogens is 280 g/mol. The quantitative estimate of drug-likeness (QED) is 0.786. The van der Waals surface area contributed by atoms with Crippen LogP contribution < -0.4 is 4.74 Å². The van der Waals surface area contributed by atoms with Gasteiger partial charge in [0.15, 0.2) is 0 Å². The molecule has 0 atom stereocenters. The molecule has 0 aliphatic heterocycles. The van der Waals surface area contributed by atoms with Crippen molar-refractivity contribution in [3.63, 3.8) is 0 Å². The number of benzene rings is 1. The van der Waals surface area contributed by atoms with E-state index in [2.05, 4.69) is 32.9 Å². The predicted molar refractivity (Wildman–Crippen MR) is 87.4 cm³/mol. The highest BCUT2D eigenvalue weighted by molar-refractivity contribution is 5.70. The molecule has 0 aliphatic rings. The van der Waals surface area contributed by atoms with Crippen molar-refractivity contribution >= 4 is 5.97 Å². The first-order chi connectivity index (χ1) is 10.3. The lowest BCUT2D eigenvalue weighted by Crippen LogP contribution is -2.14. The first-order valence-electron chi connectivity index (χ1n) is 7.82. The molecule has 0 radical (unpaired) electrons. The van der Waals surface area contributed by atoms with Crippen LogP contribution in [0.3, 0.4) is 0 Å². The second kappa shape index (κ2) is 8.18. The number of esters is 1. The van der Waals surface area contributed by atoms with E-state index >= 15 is 0 Å². The molecule has 4 nitrogen and oxygen atoms in total. The molecule has 0 unspecified atom stereocenters. The Morgan fingerprint density at radius 1 is 1.27 bits per heavy atom. The Labute approximate surface area is 133 Å². The molecule has 1 aromatic carbocycles. The molecule has 0 aliphatic carbocycles. The van der Waals surface area contributed by atoms with E-state index in [0.717, 1.165) is 16.9 Å². The fourth-order valence-corrected chi connectivity index (χ4v) is 2.28. The number of ether oxygens (including phenoxy) is 2. The minimum atomic E-state index is -0.296. The Balaban J connectivity index is 2.98. The SMILES string of the molecule is CCOc1c(C)cc(C(C)(C)C)cc1CCC(=O)OCCO. The molecule has 1 rings (SSSR count). The van der Waals surface area contributed by atoms with Gasteiger partial charge in [-0.15, -0.1) is 0 Å². The minimum absolute atomic E-state index is 0.0433. The van der Waals surface area contributed by atoms with Crippen LogP contribution in [-0.2, 0) is 21.4 Å². The monoisotopic (exact) mass is 308 g/mol. The number of hydrogen-bond donors (Lipinski definition) is 1. The van der Waals surface area contributed by atoms with E-state index in [1.54, 1.807) is 0 Å². The van der Waals surface area contributed by atoms with Gasteiger partial charge in [-0.1, -0.05) is 32.9 Å². The van der Waals surface area contributed by atoms with Gasteiger partial charge in [-0.25, -0.2) is 0 Å². The number of rotatable bonds is 7. The summed E-state index contributed by atoms with van der Waals surface area (Å²) in [5.41, 5.74) is 3.40. The fraction of sp³-hybridized carbons (Fsp3) is 0.611. The number of hydrogen-bond acceptors (Lipinski definition) is 4. The molecule has 0 aromatic heterocycles. The van der Waals surface area contributed by atoms with Gasteiger partial charge >= 0.3 is 5.97 Å². The van der Waals surface area contributed by atoms with Crippen molar-refractivity contribution in [2.45, 2.75) is 52.9 Å². The van der Waals surface area contributed by atoms with E-state index in [-0.39, 0.29) is 31.0 Å². The van der Waals surface area contributed by atoms with E-state index in [1.807, 2.05) is 13.8 Å². The van der Waals surface area contributed by atoms with Gasteiger partial charge in [0.1, 0.15) is 12.4 Å². The van der Waals surface area contributed by atoms with Crippen LogP contribution in [-0.4, -0.2) is 30.9 Å². The third-order valence-corrected chi connectivity index (χ3v) is 3.46. The zero-order valence-corrected chi connectivity index (χ0v) is 14.4. The summed E-state index contributed by atoms with van der Waals surface area (Å²) in [7, 11) is 0. The standard InChI is InChI=1S/C18H28O4/c1-6-21-17-13(2)11-15(18(3,4)5)12-14(17)7-8-16(20)22-10-9-19/h11-12,19H,6-10H2,1-5H3. The van der Waals surface area contributed by atoms with Gasteiger partial charge in [-0.2, -0.15) is 0 Å². The molecule has 0 saturated carbocycles. The Bertz CT molecular complexity index is 501. The maximum atomic E-state index is 11.6. The third kappa shape index (κ3) is 5.34. The average molecular weight is 308 g/mol. The maximum absolute atomic E-state index is 11.6. The lowest BCUT2D eigenvalue weighted by molar-refractivity contribution is -0.144. The van der Waals surface area contributed by atoms with Crippen molar-refractivity contribution < 1.29 is 19.4 Å². The highest BCUT2D eigenvalue weighted by Gasteiger charge is 2.18. The zero-order valence-electron chi connectivity index (χ0n) is 14.4. The highest BCUT2D eigenvalue weighted by atomic mass is 16.5. The first kappa shape index (κ1) is 18.5. The molecule has 0 fully saturated rings. The van der Waals surface area contributed by atoms with Crippen LogP contribution in [0.5, 0.6) is 5.75 Å². The Morgan fingerprint density at radius 3 is 2.50 bits per heavy atom. The summed E-state index contributed by atoms with van der Waals surface area (Å²) in [5, 5.41) is 8.68. The molecule has 4 heteroatoms. The number of aryl methyl sites for hydroxylation is 2. The molecule has 0 bridgehead atoms. The summed E-state index contributed by atoms with van der Waals surface area (Å²) in [6, 6.07) is 4.27. The van der Waals surface area contributed by atoms with E-state index < -0.39 is 0 Å². The van der Waals surface area contributed by atoms with Crippen LogP contribution in [0.2, 0.25) is 0 Å². The van der Waals surface area contributed by atoms with Gasteiger partial charge in [0.2, 0.25) is 0 Å². The van der Waals surface area contributed by atoms with Gasteiger partial charge in [0.05, 0.1) is 13.2 Å². The number of carbonyl (C=O) groups is 1. The van der Waals surface area contributed by atoms with Crippen molar-refractivity contribution in [1.29, 1.82) is 0 Å². The number of carbonyl (C=O) groups excluding carboxylic acids is 1. The van der Waals surface area contributed by atoms with Crippen molar-refractivity contribution in [3.8, 4) is 5.75 Å². The summed E-state index contributed by atoms with van der Waals surface area (Å²) in [4.78, 5) is 11.6. The summed E-state index contributed by atoms with van der Waals surface area (Å²) in [5.74, 6) is 0.570. The maximum Gasteiger partial charge on any atom is 0.306 e. The Hall–Kier alpha value is -1.55. The molecular formula is C18H28O4. The van der Waals surface area contributed by atoms with Crippen LogP contribution in [0, 0.1) is 6.92 Å². The topological polar surface area (TPSA) is 55.8 Å². The first-order valence-corrected chi connectivity index (χ1v) is 7.82. The molecule has 0 saturated heterocycles. The summed E-state index contributed by atoms with van der Waals surface area (Å²) >= 11 is 0. The number of aliphatic hydroxyl groups excluding tert-OH is 1. The van der Waals surface area contributed by atoms with E-state index in [1.165, 1.54) is 5.56 Å². The lowest BCUT2D eigenvalue weighted by Gasteiger charge is -2.23. The van der Waals surface area contributed by atoms with Crippen LogP contribution >= 0.6 is 0 Å². The molecule has 0 amide bonds. The zero-order chi connectivity index (χ0) is 16.8. The van der Waals surface area contributed by atoms with E-state index in [0.29, 0.717) is 13.0 Å². The second-order valence-corrected chi connectivity index (χ2v) is 6.41. The highest BCUT2D eigenvalue weighted by Crippen LogP contribution is 2.32. The number of aliphatic hydroxyl groups is 1. The Kier molecular flexibility index (Phi) is 6.88. The summed E-state index contributed by atoms with van der Waals surface area (Å²) in [6.45, 7) is 11.0. The molecule has 0 spiro atoms. The van der Waals surface area contributed by atoms with Crippen LogP contribution in [0.25, 0.3) is 0 Å². The molecule has 1 N–H and O–H groups in total. The minimum Gasteiger partial charge on any atom is -0.493 e. The van der Waals surface area contributed by atoms with Gasteiger partial charge < -0.3 is 14.6 Å².